The Balaban J connectivity index is 1.75. The van der Waals surface area contributed by atoms with E-state index in [0.717, 1.165) is 44.1 Å². The molecule has 1 heterocycles. The van der Waals surface area contributed by atoms with Crippen LogP contribution in [-0.2, 0) is 19.1 Å². The van der Waals surface area contributed by atoms with Gasteiger partial charge in [0.05, 0.1) is 22.7 Å². The largest absolute Gasteiger partial charge is 0.462 e. The van der Waals surface area contributed by atoms with E-state index in [1.54, 1.807) is 0 Å². The van der Waals surface area contributed by atoms with Gasteiger partial charge in [-0.25, -0.2) is 4.79 Å². The van der Waals surface area contributed by atoms with Crippen molar-refractivity contribution in [1.82, 2.24) is 0 Å². The first kappa shape index (κ1) is 29.8. The fraction of sp³-hybridized carbons (Fsp3) is 0.818. The van der Waals surface area contributed by atoms with E-state index in [2.05, 4.69) is 20.8 Å². The Morgan fingerprint density at radius 1 is 1.12 bits per heavy atom. The van der Waals surface area contributed by atoms with Crippen LogP contribution in [0.2, 0.25) is 0 Å². The average molecular weight is 559 g/mol. The fourth-order valence-electron chi connectivity index (χ4n) is 10.1. The summed E-state index contributed by atoms with van der Waals surface area (Å²) in [7, 11) is 0. The van der Waals surface area contributed by atoms with Gasteiger partial charge in [0.15, 0.2) is 0 Å². The molecule has 7 nitrogen and oxygen atoms in total. The summed E-state index contributed by atoms with van der Waals surface area (Å²) in [4.78, 5) is 24.5. The first-order chi connectivity index (χ1) is 18.7. The lowest BCUT2D eigenvalue weighted by Gasteiger charge is -2.76. The molecule has 0 aromatic carbocycles. The highest BCUT2D eigenvalue weighted by Gasteiger charge is 2.81. The summed E-state index contributed by atoms with van der Waals surface area (Å²) in [6.07, 6.45) is 11.6. The minimum atomic E-state index is -1.52. The second-order valence-electron chi connectivity index (χ2n) is 14.6. The van der Waals surface area contributed by atoms with Crippen molar-refractivity contribution < 1.29 is 34.4 Å². The predicted molar refractivity (Wildman–Crippen MR) is 151 cm³/mol. The maximum absolute atomic E-state index is 13.4. The van der Waals surface area contributed by atoms with Crippen LogP contribution in [0.1, 0.15) is 105 Å². The van der Waals surface area contributed by atoms with Crippen LogP contribution in [0.5, 0.6) is 0 Å². The van der Waals surface area contributed by atoms with Gasteiger partial charge in [-0.05, 0) is 80.6 Å². The molecule has 0 saturated heterocycles. The molecule has 40 heavy (non-hydrogen) atoms. The van der Waals surface area contributed by atoms with Crippen molar-refractivity contribution in [2.24, 2.45) is 34.0 Å². The summed E-state index contributed by atoms with van der Waals surface area (Å²) < 4.78 is 11.3. The number of cyclic esters (lactones) is 1. The predicted octanol–water partition coefficient (Wildman–Crippen LogP) is 5.01. The van der Waals surface area contributed by atoms with Gasteiger partial charge in [0.25, 0.3) is 0 Å². The van der Waals surface area contributed by atoms with Crippen LogP contribution < -0.4 is 0 Å². The van der Waals surface area contributed by atoms with Crippen molar-refractivity contribution in [3.63, 3.8) is 0 Å². The fourth-order valence-corrected chi connectivity index (χ4v) is 10.1. The molecule has 0 aromatic heterocycles. The van der Waals surface area contributed by atoms with Crippen LogP contribution in [0.4, 0.5) is 0 Å². The van der Waals surface area contributed by atoms with E-state index in [0.29, 0.717) is 37.5 Å². The van der Waals surface area contributed by atoms with Crippen molar-refractivity contribution in [2.75, 3.05) is 6.61 Å². The monoisotopic (exact) mass is 558 g/mol. The molecule has 3 fully saturated rings. The molecule has 3 N–H and O–H groups in total. The SMILES string of the molecule is CC(=O)O[C@@H]1C[C@]2(C)C=C[C@@](O)(CCC(C)C)[C@@]3([C@H](O)CC[C@@](C)(C4CCCC4)[C@H]13)[C@@]2(O)CCC1=CC(=O)OC1. The Hall–Kier alpha value is -1.70. The molecule has 5 aliphatic rings. The van der Waals surface area contributed by atoms with Crippen molar-refractivity contribution >= 4 is 11.9 Å². The molecule has 0 aromatic rings. The molecule has 1 aliphatic heterocycles. The smallest absolute Gasteiger partial charge is 0.331 e. The number of carbonyl (C=O) groups excluding carboxylic acids is 2. The van der Waals surface area contributed by atoms with Gasteiger partial charge in [0, 0.05) is 24.3 Å². The van der Waals surface area contributed by atoms with Gasteiger partial charge in [-0.2, -0.15) is 0 Å². The van der Waals surface area contributed by atoms with Gasteiger partial charge in [-0.1, -0.05) is 52.7 Å². The van der Waals surface area contributed by atoms with Crippen molar-refractivity contribution in [1.29, 1.82) is 0 Å². The van der Waals surface area contributed by atoms with E-state index < -0.39 is 40.2 Å². The Kier molecular flexibility index (Phi) is 7.62. The molecule has 0 amide bonds. The number of hydrogen-bond donors (Lipinski definition) is 3. The molecule has 5 rings (SSSR count). The molecule has 7 heteroatoms. The maximum atomic E-state index is 13.4. The van der Waals surface area contributed by atoms with Gasteiger partial charge in [0.1, 0.15) is 12.7 Å². The summed E-state index contributed by atoms with van der Waals surface area (Å²) in [6.45, 7) is 10.1. The molecule has 224 valence electrons. The Morgan fingerprint density at radius 2 is 1.82 bits per heavy atom. The van der Waals surface area contributed by atoms with Crippen LogP contribution >= 0.6 is 0 Å². The number of rotatable bonds is 8. The van der Waals surface area contributed by atoms with E-state index in [4.69, 9.17) is 9.47 Å². The van der Waals surface area contributed by atoms with Gasteiger partial charge >= 0.3 is 11.9 Å². The molecule has 0 radical (unpaired) electrons. The summed E-state index contributed by atoms with van der Waals surface area (Å²) in [6, 6.07) is 0. The number of fused-ring (bicyclic) bond motifs is 1. The zero-order valence-corrected chi connectivity index (χ0v) is 25.1. The third-order valence-corrected chi connectivity index (χ3v) is 12.0. The molecule has 8 atom stereocenters. The number of aliphatic hydroxyl groups is 3. The zero-order chi connectivity index (χ0) is 29.1. The first-order valence-corrected chi connectivity index (χ1v) is 15.6. The van der Waals surface area contributed by atoms with Crippen molar-refractivity contribution in [3.05, 3.63) is 23.8 Å². The summed E-state index contributed by atoms with van der Waals surface area (Å²) >= 11 is 0. The molecular formula is C33H50O7. The molecule has 4 aliphatic carbocycles. The van der Waals surface area contributed by atoms with Crippen LogP contribution in [0.25, 0.3) is 0 Å². The quantitative estimate of drug-likeness (QED) is 0.283. The zero-order valence-electron chi connectivity index (χ0n) is 25.1. The minimum absolute atomic E-state index is 0.202. The van der Waals surface area contributed by atoms with Gasteiger partial charge in [-0.15, -0.1) is 0 Å². The normalized spacial score (nSPS) is 44.9. The standard InChI is InChI=1S/C33H50O7/c1-21(2)10-14-31(37)17-16-29(4)19-25(40-22(3)34)28-30(5,24-8-6-7-9-24)13-12-26(35)33(28,31)32(29,38)15-11-23-18-27(36)39-20-23/h16-18,21,24-26,28,35,37-38H,6-15,19-20H2,1-5H3/t25-,26-,28+,29+,30+,31+,32-,33+/m1/s1. The van der Waals surface area contributed by atoms with E-state index in [-0.39, 0.29) is 30.4 Å². The molecule has 1 spiro atoms. The topological polar surface area (TPSA) is 113 Å². The van der Waals surface area contributed by atoms with Crippen LogP contribution in [-0.4, -0.2) is 57.3 Å². The lowest BCUT2D eigenvalue weighted by molar-refractivity contribution is -0.361. The summed E-state index contributed by atoms with van der Waals surface area (Å²) in [5.74, 6) is -0.510. The van der Waals surface area contributed by atoms with Crippen molar-refractivity contribution in [2.45, 2.75) is 129 Å². The summed E-state index contributed by atoms with van der Waals surface area (Å²) in [5, 5.41) is 38.6. The highest BCUT2D eigenvalue weighted by Crippen LogP contribution is 2.75. The Bertz CT molecular complexity index is 1070. The van der Waals surface area contributed by atoms with E-state index in [9.17, 15) is 24.9 Å². The lowest BCUT2D eigenvalue weighted by atomic mass is 9.31. The third kappa shape index (κ3) is 4.24. The maximum Gasteiger partial charge on any atom is 0.331 e. The highest BCUT2D eigenvalue weighted by atomic mass is 16.5. The molecular weight excluding hydrogens is 508 g/mol. The van der Waals surface area contributed by atoms with Crippen molar-refractivity contribution in [3.8, 4) is 0 Å². The van der Waals surface area contributed by atoms with Gasteiger partial charge in [0.2, 0.25) is 0 Å². The molecule has 3 saturated carbocycles. The second kappa shape index (κ2) is 10.2. The van der Waals surface area contributed by atoms with E-state index in [1.165, 1.54) is 13.0 Å². The number of ether oxygens (including phenoxy) is 2. The Labute approximate surface area is 239 Å². The second-order valence-corrected chi connectivity index (χ2v) is 14.6. The first-order valence-electron chi connectivity index (χ1n) is 15.6. The van der Waals surface area contributed by atoms with Crippen LogP contribution in [0.15, 0.2) is 23.8 Å². The Morgan fingerprint density at radius 3 is 2.42 bits per heavy atom. The molecule has 2 bridgehead atoms. The van der Waals surface area contributed by atoms with Crippen LogP contribution in [0, 0.1) is 34.0 Å². The third-order valence-electron chi connectivity index (χ3n) is 12.0. The van der Waals surface area contributed by atoms with E-state index >= 15 is 0 Å². The lowest BCUT2D eigenvalue weighted by Crippen LogP contribution is -2.83. The minimum Gasteiger partial charge on any atom is -0.462 e. The van der Waals surface area contributed by atoms with Gasteiger partial charge in [-0.3, -0.25) is 4.79 Å². The number of carbonyl (C=O) groups is 2. The number of hydrogen-bond acceptors (Lipinski definition) is 7. The summed E-state index contributed by atoms with van der Waals surface area (Å²) in [5.41, 5.74) is -4.79. The van der Waals surface area contributed by atoms with Crippen LogP contribution in [0.3, 0.4) is 0 Å². The average Bonchev–Trinajstić information content (AvgIpc) is 3.56. The van der Waals surface area contributed by atoms with E-state index in [1.807, 2.05) is 19.1 Å². The van der Waals surface area contributed by atoms with Gasteiger partial charge < -0.3 is 24.8 Å². The number of esters is 2. The highest BCUT2D eigenvalue weighted by molar-refractivity contribution is 5.85. The molecule has 0 unspecified atom stereocenters. The number of aliphatic hydroxyl groups excluding tert-OH is 1.